The van der Waals surface area contributed by atoms with Crippen LogP contribution in [0.25, 0.3) is 0 Å². The lowest BCUT2D eigenvalue weighted by Gasteiger charge is -2.32. The van der Waals surface area contributed by atoms with Crippen LogP contribution in [0.1, 0.15) is 51.2 Å². The molecule has 1 unspecified atom stereocenters. The molecule has 0 aromatic heterocycles. The molecule has 1 aliphatic rings. The van der Waals surface area contributed by atoms with Crippen LogP contribution >= 0.6 is 0 Å². The van der Waals surface area contributed by atoms with Gasteiger partial charge < -0.3 is 4.90 Å². The molecule has 0 spiro atoms. The number of nitrogens with zero attached hydrogens (tertiary/aromatic N) is 1. The van der Waals surface area contributed by atoms with Crippen LogP contribution in [0.4, 0.5) is 0 Å². The molecule has 1 aromatic rings. The highest BCUT2D eigenvalue weighted by atomic mass is 15.1. The van der Waals surface area contributed by atoms with Gasteiger partial charge in [-0.2, -0.15) is 0 Å². The van der Waals surface area contributed by atoms with Gasteiger partial charge in [-0.1, -0.05) is 57.0 Å². The Morgan fingerprint density at radius 1 is 1.17 bits per heavy atom. The van der Waals surface area contributed by atoms with Crippen molar-refractivity contribution in [1.29, 1.82) is 0 Å². The zero-order valence-corrected chi connectivity index (χ0v) is 12.8. The number of benzene rings is 1. The third kappa shape index (κ3) is 3.84. The first-order chi connectivity index (χ1) is 8.60. The van der Waals surface area contributed by atoms with Crippen molar-refractivity contribution in [2.75, 3.05) is 20.1 Å². The number of hydrogen-bond acceptors (Lipinski definition) is 1. The van der Waals surface area contributed by atoms with Crippen molar-refractivity contribution in [1.82, 2.24) is 4.90 Å². The van der Waals surface area contributed by atoms with Crippen molar-refractivity contribution in [2.24, 2.45) is 0 Å². The molecule has 0 N–H and O–H groups in total. The van der Waals surface area contributed by atoms with Gasteiger partial charge >= 0.3 is 0 Å². The third-order valence-electron chi connectivity index (χ3n) is 3.85. The van der Waals surface area contributed by atoms with Crippen LogP contribution in [0.2, 0.25) is 0 Å². The fourth-order valence-electron chi connectivity index (χ4n) is 2.91. The summed E-state index contributed by atoms with van der Waals surface area (Å²) in [5.41, 5.74) is 3.24. The maximum Gasteiger partial charge on any atom is 0.00729 e. The van der Waals surface area contributed by atoms with Gasteiger partial charge in [-0.05, 0) is 38.9 Å². The van der Waals surface area contributed by atoms with E-state index in [1.807, 2.05) is 13.8 Å². The molecular weight excluding hydrogens is 218 g/mol. The molecule has 1 saturated heterocycles. The Morgan fingerprint density at radius 3 is 2.56 bits per heavy atom. The van der Waals surface area contributed by atoms with Crippen molar-refractivity contribution in [3.05, 3.63) is 35.4 Å². The zero-order valence-electron chi connectivity index (χ0n) is 12.8. The normalized spacial score (nSPS) is 24.9. The highest BCUT2D eigenvalue weighted by Crippen LogP contribution is 2.32. The molecule has 0 bridgehead atoms. The van der Waals surface area contributed by atoms with Gasteiger partial charge in [-0.3, -0.25) is 0 Å². The van der Waals surface area contributed by atoms with E-state index in [-0.39, 0.29) is 0 Å². The summed E-state index contributed by atoms with van der Waals surface area (Å²) in [6.07, 6.45) is 4.02. The third-order valence-corrected chi connectivity index (χ3v) is 3.85. The largest absolute Gasteiger partial charge is 0.305 e. The standard InChI is InChI=1S/C15H23N.C2H6/c1-13-7-6-8-14(11-13)15(2)9-4-5-10-16(3)12-15;1-2/h6-8,11H,4-5,9-10,12H2,1-3H3;1-2H3. The van der Waals surface area contributed by atoms with E-state index in [1.54, 1.807) is 0 Å². The average Bonchev–Trinajstić information content (AvgIpc) is 2.54. The molecule has 1 heteroatoms. The Morgan fingerprint density at radius 2 is 1.89 bits per heavy atom. The molecule has 1 atom stereocenters. The van der Waals surface area contributed by atoms with E-state index >= 15 is 0 Å². The minimum Gasteiger partial charge on any atom is -0.305 e. The Hall–Kier alpha value is -0.820. The molecule has 0 aliphatic carbocycles. The maximum absolute atomic E-state index is 2.48. The second kappa shape index (κ2) is 6.94. The molecule has 102 valence electrons. The summed E-state index contributed by atoms with van der Waals surface area (Å²) in [4.78, 5) is 2.48. The number of aryl methyl sites for hydroxylation is 1. The summed E-state index contributed by atoms with van der Waals surface area (Å²) in [5.74, 6) is 0. The second-order valence-corrected chi connectivity index (χ2v) is 5.63. The molecule has 0 radical (unpaired) electrons. The van der Waals surface area contributed by atoms with Gasteiger partial charge in [-0.25, -0.2) is 0 Å². The Kier molecular flexibility index (Phi) is 5.87. The second-order valence-electron chi connectivity index (χ2n) is 5.63. The van der Waals surface area contributed by atoms with Gasteiger partial charge in [0, 0.05) is 12.0 Å². The summed E-state index contributed by atoms with van der Waals surface area (Å²) in [6, 6.07) is 9.04. The van der Waals surface area contributed by atoms with Crippen LogP contribution in [0.3, 0.4) is 0 Å². The molecular formula is C17H29N. The molecule has 1 heterocycles. The number of hydrogen-bond donors (Lipinski definition) is 0. The number of likely N-dealkylation sites (tertiary alicyclic amines) is 1. The van der Waals surface area contributed by atoms with Crippen LogP contribution in [-0.2, 0) is 5.41 Å². The lowest BCUT2D eigenvalue weighted by atomic mass is 9.78. The van der Waals surface area contributed by atoms with Crippen LogP contribution in [0, 0.1) is 6.92 Å². The Bertz CT molecular complexity index is 358. The molecule has 0 amide bonds. The number of likely N-dealkylation sites (N-methyl/N-ethyl adjacent to an activating group) is 1. The van der Waals surface area contributed by atoms with Crippen LogP contribution in [-0.4, -0.2) is 25.0 Å². The Labute approximate surface area is 113 Å². The highest BCUT2D eigenvalue weighted by molar-refractivity contribution is 5.29. The predicted octanol–water partition coefficient (Wildman–Crippen LogP) is 4.39. The van der Waals surface area contributed by atoms with Crippen LogP contribution < -0.4 is 0 Å². The van der Waals surface area contributed by atoms with Gasteiger partial charge in [0.2, 0.25) is 0 Å². The van der Waals surface area contributed by atoms with E-state index in [4.69, 9.17) is 0 Å². The van der Waals surface area contributed by atoms with E-state index in [2.05, 4.69) is 50.1 Å². The summed E-state index contributed by atoms with van der Waals surface area (Å²) in [5, 5.41) is 0. The summed E-state index contributed by atoms with van der Waals surface area (Å²) >= 11 is 0. The smallest absolute Gasteiger partial charge is 0.00729 e. The predicted molar refractivity (Wildman–Crippen MR) is 81.2 cm³/mol. The molecule has 0 saturated carbocycles. The lowest BCUT2D eigenvalue weighted by molar-refractivity contribution is 0.278. The van der Waals surface area contributed by atoms with Gasteiger partial charge in [0.1, 0.15) is 0 Å². The Balaban J connectivity index is 0.000000771. The molecule has 1 nitrogen and oxygen atoms in total. The highest BCUT2D eigenvalue weighted by Gasteiger charge is 2.29. The van der Waals surface area contributed by atoms with Crippen molar-refractivity contribution < 1.29 is 0 Å². The minimum absolute atomic E-state index is 0.345. The fourth-order valence-corrected chi connectivity index (χ4v) is 2.91. The first-order valence-electron chi connectivity index (χ1n) is 7.36. The maximum atomic E-state index is 2.48. The van der Waals surface area contributed by atoms with Crippen molar-refractivity contribution in [2.45, 2.75) is 52.4 Å². The molecule has 2 rings (SSSR count). The first-order valence-corrected chi connectivity index (χ1v) is 7.36. The monoisotopic (exact) mass is 247 g/mol. The van der Waals surface area contributed by atoms with E-state index in [1.165, 1.54) is 43.5 Å². The van der Waals surface area contributed by atoms with Gasteiger partial charge in [0.05, 0.1) is 0 Å². The lowest BCUT2D eigenvalue weighted by Crippen LogP contribution is -2.35. The quantitative estimate of drug-likeness (QED) is 0.711. The fraction of sp³-hybridized carbons (Fsp3) is 0.647. The first kappa shape index (κ1) is 15.2. The molecule has 1 fully saturated rings. The zero-order chi connectivity index (χ0) is 13.6. The summed E-state index contributed by atoms with van der Waals surface area (Å²) in [7, 11) is 2.25. The summed E-state index contributed by atoms with van der Waals surface area (Å²) in [6.45, 7) is 11.1. The summed E-state index contributed by atoms with van der Waals surface area (Å²) < 4.78 is 0. The van der Waals surface area contributed by atoms with Crippen molar-refractivity contribution in [3.63, 3.8) is 0 Å². The molecule has 1 aliphatic heterocycles. The van der Waals surface area contributed by atoms with E-state index in [9.17, 15) is 0 Å². The van der Waals surface area contributed by atoms with Gasteiger partial charge in [0.25, 0.3) is 0 Å². The van der Waals surface area contributed by atoms with E-state index < -0.39 is 0 Å². The van der Waals surface area contributed by atoms with Crippen LogP contribution in [0.15, 0.2) is 24.3 Å². The average molecular weight is 247 g/mol. The minimum atomic E-state index is 0.345. The van der Waals surface area contributed by atoms with E-state index in [0.717, 1.165) is 0 Å². The van der Waals surface area contributed by atoms with Gasteiger partial charge in [-0.15, -0.1) is 0 Å². The van der Waals surface area contributed by atoms with Crippen molar-refractivity contribution >= 4 is 0 Å². The SMILES string of the molecule is CC.Cc1cccc(C2(C)CCCCN(C)C2)c1. The van der Waals surface area contributed by atoms with Crippen LogP contribution in [0.5, 0.6) is 0 Å². The van der Waals surface area contributed by atoms with Crippen molar-refractivity contribution in [3.8, 4) is 0 Å². The molecule has 18 heavy (non-hydrogen) atoms. The molecule has 1 aromatic carbocycles. The van der Waals surface area contributed by atoms with Gasteiger partial charge in [0.15, 0.2) is 0 Å². The topological polar surface area (TPSA) is 3.24 Å². The van der Waals surface area contributed by atoms with E-state index in [0.29, 0.717) is 5.41 Å². The number of rotatable bonds is 1.